The lowest BCUT2D eigenvalue weighted by Gasteiger charge is -2.20. The molecule has 0 heterocycles. The van der Waals surface area contributed by atoms with Gasteiger partial charge in [-0.15, -0.1) is 0 Å². The lowest BCUT2D eigenvalue weighted by atomic mass is 10.1. The van der Waals surface area contributed by atoms with Crippen molar-refractivity contribution in [2.45, 2.75) is 49.6 Å². The molecule has 2 aromatic carbocycles. The second-order valence-corrected chi connectivity index (χ2v) is 8.41. The van der Waals surface area contributed by atoms with Crippen LogP contribution in [-0.2, 0) is 16.4 Å². The topological polar surface area (TPSA) is 81.4 Å². The number of benzene rings is 2. The Kier molecular flexibility index (Phi) is 7.63. The fraction of sp³-hybridized carbons (Fsp3) is 0.400. The normalized spacial score (nSPS) is 14.0. The number of nitrogens with two attached hydrogens (primary N) is 1. The molecule has 5 nitrogen and oxygen atoms in total. The third-order valence-corrected chi connectivity index (χ3v) is 6.33. The number of sulfone groups is 1. The summed E-state index contributed by atoms with van der Waals surface area (Å²) in [5.74, 6) is 0.535. The summed E-state index contributed by atoms with van der Waals surface area (Å²) in [6.07, 6.45) is 1.80. The number of rotatable bonds is 10. The minimum atomic E-state index is -3.62. The van der Waals surface area contributed by atoms with Gasteiger partial charge in [-0.05, 0) is 50.1 Å². The van der Waals surface area contributed by atoms with E-state index in [9.17, 15) is 8.42 Å². The van der Waals surface area contributed by atoms with E-state index in [0.29, 0.717) is 23.7 Å². The molecule has 2 rings (SSSR count). The molecule has 0 spiro atoms. The quantitative estimate of drug-likeness (QED) is 0.666. The molecule has 26 heavy (non-hydrogen) atoms. The molecule has 0 aliphatic rings. The number of nitrogens with one attached hydrogen (secondary N) is 1. The van der Waals surface area contributed by atoms with E-state index in [4.69, 9.17) is 10.5 Å². The van der Waals surface area contributed by atoms with E-state index < -0.39 is 15.3 Å². The first-order valence-electron chi connectivity index (χ1n) is 8.96. The lowest BCUT2D eigenvalue weighted by molar-refractivity contribution is 0.292. The second-order valence-electron chi connectivity index (χ2n) is 6.21. The van der Waals surface area contributed by atoms with Crippen LogP contribution in [0.5, 0.6) is 5.75 Å². The molecule has 0 bridgehead atoms. The molecule has 0 aromatic heterocycles. The Labute approximate surface area is 156 Å². The maximum absolute atomic E-state index is 13.0. The van der Waals surface area contributed by atoms with Crippen molar-refractivity contribution in [1.29, 1.82) is 0 Å². The third kappa shape index (κ3) is 5.30. The predicted molar refractivity (Wildman–Crippen MR) is 105 cm³/mol. The van der Waals surface area contributed by atoms with Crippen molar-refractivity contribution in [3.63, 3.8) is 0 Å². The molecule has 0 aliphatic heterocycles. The van der Waals surface area contributed by atoms with E-state index in [-0.39, 0.29) is 6.04 Å². The van der Waals surface area contributed by atoms with E-state index >= 15 is 0 Å². The molecule has 6 heteroatoms. The van der Waals surface area contributed by atoms with Crippen LogP contribution >= 0.6 is 0 Å². The van der Waals surface area contributed by atoms with Crippen LogP contribution in [0, 0.1) is 0 Å². The lowest BCUT2D eigenvalue weighted by Crippen LogP contribution is -2.31. The Hall–Kier alpha value is -1.89. The van der Waals surface area contributed by atoms with E-state index in [0.717, 1.165) is 18.4 Å². The third-order valence-electron chi connectivity index (χ3n) is 4.35. The van der Waals surface area contributed by atoms with Crippen molar-refractivity contribution in [1.82, 2.24) is 5.32 Å². The number of ether oxygens (including phenoxy) is 1. The van der Waals surface area contributed by atoms with Crippen LogP contribution in [0.25, 0.3) is 0 Å². The summed E-state index contributed by atoms with van der Waals surface area (Å²) in [5, 5.41) is 3.40. The van der Waals surface area contributed by atoms with Gasteiger partial charge in [0.25, 0.3) is 0 Å². The zero-order chi connectivity index (χ0) is 19.0. The van der Waals surface area contributed by atoms with Crippen LogP contribution in [0.2, 0.25) is 0 Å². The minimum absolute atomic E-state index is 0.272. The van der Waals surface area contributed by atoms with Gasteiger partial charge in [0.15, 0.2) is 0 Å². The summed E-state index contributed by atoms with van der Waals surface area (Å²) in [5.41, 5.74) is 5.40. The first-order valence-corrected chi connectivity index (χ1v) is 10.5. The summed E-state index contributed by atoms with van der Waals surface area (Å²) in [4.78, 5) is 0.304. The van der Waals surface area contributed by atoms with Crippen molar-refractivity contribution >= 4 is 9.84 Å². The van der Waals surface area contributed by atoms with Crippen LogP contribution in [0.15, 0.2) is 59.5 Å². The zero-order valence-corrected chi connectivity index (χ0v) is 16.2. The van der Waals surface area contributed by atoms with Crippen LogP contribution in [-0.4, -0.2) is 26.4 Å². The van der Waals surface area contributed by atoms with E-state index in [1.54, 1.807) is 31.2 Å². The molecular formula is C20H28N2O3S. The van der Waals surface area contributed by atoms with E-state index in [2.05, 4.69) is 12.2 Å². The van der Waals surface area contributed by atoms with Gasteiger partial charge in [0.05, 0.1) is 4.90 Å². The highest BCUT2D eigenvalue weighted by Crippen LogP contribution is 2.23. The maximum Gasteiger partial charge on any atom is 0.216 e. The molecule has 0 aliphatic carbocycles. The zero-order valence-electron chi connectivity index (χ0n) is 15.4. The SMILES string of the molecule is CCC(CCN)NCc1ccccc1S(=O)(=O)C(C)Oc1ccccc1. The van der Waals surface area contributed by atoms with Gasteiger partial charge in [-0.2, -0.15) is 0 Å². The molecule has 2 unspecified atom stereocenters. The first-order chi connectivity index (χ1) is 12.5. The predicted octanol–water partition coefficient (Wildman–Crippen LogP) is 3.10. The monoisotopic (exact) mass is 376 g/mol. The van der Waals surface area contributed by atoms with Gasteiger partial charge in [0.1, 0.15) is 5.75 Å². The molecule has 0 saturated carbocycles. The van der Waals surface area contributed by atoms with Gasteiger partial charge in [-0.25, -0.2) is 8.42 Å². The van der Waals surface area contributed by atoms with Gasteiger partial charge >= 0.3 is 0 Å². The van der Waals surface area contributed by atoms with E-state index in [1.165, 1.54) is 0 Å². The van der Waals surface area contributed by atoms with Crippen molar-refractivity contribution < 1.29 is 13.2 Å². The van der Waals surface area contributed by atoms with Gasteiger partial charge in [0, 0.05) is 12.6 Å². The van der Waals surface area contributed by atoms with Gasteiger partial charge < -0.3 is 15.8 Å². The van der Waals surface area contributed by atoms with Gasteiger partial charge in [0.2, 0.25) is 15.3 Å². The van der Waals surface area contributed by atoms with Crippen molar-refractivity contribution in [2.24, 2.45) is 5.73 Å². The number of hydrogen-bond donors (Lipinski definition) is 2. The molecule has 0 fully saturated rings. The smallest absolute Gasteiger partial charge is 0.216 e. The summed E-state index contributed by atoms with van der Waals surface area (Å²) in [6, 6.07) is 16.3. The van der Waals surface area contributed by atoms with Gasteiger partial charge in [-0.1, -0.05) is 43.3 Å². The Morgan fingerprint density at radius 1 is 1.08 bits per heavy atom. The van der Waals surface area contributed by atoms with Crippen molar-refractivity contribution in [3.8, 4) is 5.75 Å². The molecule has 2 aromatic rings. The average Bonchev–Trinajstić information content (AvgIpc) is 2.66. The Bertz CT molecular complexity index is 779. The maximum atomic E-state index is 13.0. The fourth-order valence-electron chi connectivity index (χ4n) is 2.77. The van der Waals surface area contributed by atoms with Crippen molar-refractivity contribution in [3.05, 3.63) is 60.2 Å². The summed E-state index contributed by atoms with van der Waals surface area (Å²) in [7, 11) is -3.62. The molecule has 142 valence electrons. The highest BCUT2D eigenvalue weighted by Gasteiger charge is 2.27. The van der Waals surface area contributed by atoms with Gasteiger partial charge in [-0.3, -0.25) is 0 Å². The molecular weight excluding hydrogens is 348 g/mol. The van der Waals surface area contributed by atoms with E-state index in [1.807, 2.05) is 30.3 Å². The summed E-state index contributed by atoms with van der Waals surface area (Å²) in [6.45, 7) is 4.74. The van der Waals surface area contributed by atoms with Crippen LogP contribution in [0.3, 0.4) is 0 Å². The first kappa shape index (κ1) is 20.4. The summed E-state index contributed by atoms with van der Waals surface area (Å²) < 4.78 is 31.7. The highest BCUT2D eigenvalue weighted by atomic mass is 32.2. The molecule has 0 amide bonds. The summed E-state index contributed by atoms with van der Waals surface area (Å²) >= 11 is 0. The Morgan fingerprint density at radius 3 is 2.38 bits per heavy atom. The molecule has 0 radical (unpaired) electrons. The second kappa shape index (κ2) is 9.71. The standard InChI is InChI=1S/C20H28N2O3S/c1-3-18(13-14-21)22-15-17-9-7-8-12-20(17)26(23,24)16(2)25-19-10-5-4-6-11-19/h4-12,16,18,22H,3,13-15,21H2,1-2H3. The van der Waals surface area contributed by atoms with Crippen LogP contribution in [0.1, 0.15) is 32.3 Å². The number of hydrogen-bond acceptors (Lipinski definition) is 5. The Balaban J connectivity index is 2.18. The fourth-order valence-corrected chi connectivity index (χ4v) is 4.14. The van der Waals surface area contributed by atoms with Crippen LogP contribution < -0.4 is 15.8 Å². The Morgan fingerprint density at radius 2 is 1.73 bits per heavy atom. The average molecular weight is 377 g/mol. The minimum Gasteiger partial charge on any atom is -0.474 e. The van der Waals surface area contributed by atoms with Crippen LogP contribution in [0.4, 0.5) is 0 Å². The molecule has 3 N–H and O–H groups in total. The number of para-hydroxylation sites is 1. The largest absolute Gasteiger partial charge is 0.474 e. The van der Waals surface area contributed by atoms with Crippen molar-refractivity contribution in [2.75, 3.05) is 6.54 Å². The molecule has 0 saturated heterocycles. The molecule has 2 atom stereocenters. The highest BCUT2D eigenvalue weighted by molar-refractivity contribution is 7.92.